The minimum Gasteiger partial charge on any atom is -0.507 e. The van der Waals surface area contributed by atoms with E-state index in [1.54, 1.807) is 44.9 Å². The van der Waals surface area contributed by atoms with Gasteiger partial charge in [-0.3, -0.25) is 19.4 Å². The highest BCUT2D eigenvalue weighted by Crippen LogP contribution is 2.55. The third-order valence-electron chi connectivity index (χ3n) is 11.9. The SMILES string of the molecule is CO[C@H]1/C=C/O[C@@]2(C)Oc3c(C)c(O)c4c(O)c(c(C=NN5CCN(C)CC5)c(O)c4c3C2=O)NC(=O)/C(C)=C\C=C\[C@H](C)[C@H](O)[C@@H](C)[C@@H](O)[C@@H](C)[C@H](OC(C)=O)[C@@H]1C. The lowest BCUT2D eigenvalue weighted by Gasteiger charge is -2.38. The summed E-state index contributed by atoms with van der Waals surface area (Å²) in [5.74, 6) is -8.34. The van der Waals surface area contributed by atoms with Gasteiger partial charge in [-0.05, 0) is 27.0 Å². The number of rotatable bonds is 4. The molecule has 0 aromatic heterocycles. The molecule has 4 heterocycles. The van der Waals surface area contributed by atoms with E-state index in [0.717, 1.165) is 13.1 Å². The first-order valence-corrected chi connectivity index (χ1v) is 19.8. The molecule has 0 saturated carbocycles. The van der Waals surface area contributed by atoms with Gasteiger partial charge < -0.3 is 54.7 Å². The van der Waals surface area contributed by atoms with Crippen LogP contribution in [0.4, 0.5) is 5.69 Å². The topological polar surface area (TPSA) is 220 Å². The first-order valence-electron chi connectivity index (χ1n) is 19.8. The van der Waals surface area contributed by atoms with Crippen molar-refractivity contribution >= 4 is 40.3 Å². The number of methoxy groups -OCH3 is 1. The lowest BCUT2D eigenvalue weighted by Crippen LogP contribution is -2.46. The number of fused-ring (bicyclic) bond motifs is 14. The Morgan fingerprint density at radius 2 is 1.61 bits per heavy atom. The maximum atomic E-state index is 14.4. The molecule has 6 N–H and O–H groups in total. The number of aliphatic hydroxyl groups excluding tert-OH is 2. The Hall–Kier alpha value is -5.16. The van der Waals surface area contributed by atoms with Crippen LogP contribution in [0.2, 0.25) is 0 Å². The fourth-order valence-corrected chi connectivity index (χ4v) is 7.92. The number of Topliss-reactive ketones (excluding diaryl/α,β-unsaturated/α-hetero) is 1. The molecule has 1 amide bonds. The average Bonchev–Trinajstić information content (AvgIpc) is 3.46. The molecule has 1 fully saturated rings. The Morgan fingerprint density at radius 1 is 0.949 bits per heavy atom. The van der Waals surface area contributed by atoms with E-state index in [4.69, 9.17) is 18.9 Å². The summed E-state index contributed by atoms with van der Waals surface area (Å²) in [5, 5.41) is 66.8. The Morgan fingerprint density at radius 3 is 2.24 bits per heavy atom. The quantitative estimate of drug-likeness (QED) is 0.109. The number of carbonyl (C=O) groups excluding carboxylic acids is 3. The smallest absolute Gasteiger partial charge is 0.312 e. The van der Waals surface area contributed by atoms with Gasteiger partial charge in [-0.2, -0.15) is 5.10 Å². The molecule has 0 aliphatic carbocycles. The van der Waals surface area contributed by atoms with Gasteiger partial charge >= 0.3 is 11.8 Å². The predicted molar refractivity (Wildman–Crippen MR) is 220 cm³/mol. The number of esters is 1. The summed E-state index contributed by atoms with van der Waals surface area (Å²) in [7, 11) is 3.42. The number of phenols is 3. The normalized spacial score (nSPS) is 32.1. The van der Waals surface area contributed by atoms with Crippen LogP contribution in [0.1, 0.15) is 70.0 Å². The Bertz CT molecular complexity index is 2070. The van der Waals surface area contributed by atoms with Crippen molar-refractivity contribution in [2.75, 3.05) is 45.7 Å². The van der Waals surface area contributed by atoms with Crippen LogP contribution in [-0.2, 0) is 23.8 Å². The molecule has 4 aliphatic rings. The van der Waals surface area contributed by atoms with Crippen molar-refractivity contribution in [3.05, 3.63) is 52.8 Å². The van der Waals surface area contributed by atoms with Crippen molar-refractivity contribution in [3.8, 4) is 23.0 Å². The van der Waals surface area contributed by atoms with Gasteiger partial charge in [0, 0.05) is 87.3 Å². The van der Waals surface area contributed by atoms with E-state index in [-0.39, 0.29) is 44.5 Å². The van der Waals surface area contributed by atoms with Gasteiger partial charge in [-0.1, -0.05) is 45.9 Å². The minimum atomic E-state index is -2.04. The number of ketones is 1. The van der Waals surface area contributed by atoms with Gasteiger partial charge in [0.15, 0.2) is 5.75 Å². The fraction of sp³-hybridized carbons (Fsp3) is 0.535. The van der Waals surface area contributed by atoms with Gasteiger partial charge in [0.2, 0.25) is 0 Å². The van der Waals surface area contributed by atoms with E-state index in [1.165, 1.54) is 59.4 Å². The molecule has 0 radical (unpaired) electrons. The van der Waals surface area contributed by atoms with E-state index >= 15 is 0 Å². The summed E-state index contributed by atoms with van der Waals surface area (Å²) in [6.45, 7) is 15.1. The molecule has 1 saturated heterocycles. The maximum Gasteiger partial charge on any atom is 0.312 e. The van der Waals surface area contributed by atoms with Gasteiger partial charge in [0.1, 0.15) is 23.4 Å². The molecule has 322 valence electrons. The lowest BCUT2D eigenvalue weighted by atomic mass is 9.78. The zero-order valence-corrected chi connectivity index (χ0v) is 35.3. The first-order chi connectivity index (χ1) is 27.7. The number of hydrazone groups is 1. The summed E-state index contributed by atoms with van der Waals surface area (Å²) < 4.78 is 23.6. The first kappa shape index (κ1) is 44.9. The monoisotopic (exact) mass is 822 g/mol. The molecular weight excluding hydrogens is 764 g/mol. The van der Waals surface area contributed by atoms with Gasteiger partial charge in [0.05, 0.1) is 53.0 Å². The van der Waals surface area contributed by atoms with Crippen molar-refractivity contribution in [1.29, 1.82) is 0 Å². The van der Waals surface area contributed by atoms with Crippen LogP contribution < -0.4 is 10.1 Å². The standard InChI is InChI=1S/C43H58N4O12/c1-21-12-11-13-22(2)42(55)45-33-28(20-44-47-17-15-46(9)16-18-47)37(52)30-31(38(33)53)36(51)26(6)40-32(30)41(54)43(8,59-40)57-19-14-29(56-10)23(3)39(58-27(7)48)25(5)35(50)24(4)34(21)49/h11-14,19-21,23-25,29,34-35,39,49-53H,15-18H2,1-10H3,(H,45,55)/b12-11+,19-14+,22-13-,44-20?/t21-,23+,24+,25+,29-,34-,35+,39+,43-/m0/s1. The van der Waals surface area contributed by atoms with Crippen molar-refractivity contribution in [2.24, 2.45) is 28.8 Å². The summed E-state index contributed by atoms with van der Waals surface area (Å²) in [6, 6.07) is 0. The van der Waals surface area contributed by atoms with Gasteiger partial charge in [-0.25, -0.2) is 0 Å². The number of ether oxygens (including phenoxy) is 4. The Balaban J connectivity index is 1.70. The van der Waals surface area contributed by atoms with Gasteiger partial charge in [-0.15, -0.1) is 0 Å². The fourth-order valence-electron chi connectivity index (χ4n) is 7.92. The number of nitrogens with zero attached hydrogens (tertiary/aromatic N) is 3. The molecule has 9 atom stereocenters. The van der Waals surface area contributed by atoms with Crippen LogP contribution in [0, 0.1) is 30.6 Å². The van der Waals surface area contributed by atoms with Crippen molar-refractivity contribution in [1.82, 2.24) is 9.91 Å². The molecular formula is C43H58N4O12. The number of anilines is 1. The van der Waals surface area contributed by atoms with Gasteiger partial charge in [0.25, 0.3) is 11.7 Å². The van der Waals surface area contributed by atoms with E-state index in [0.29, 0.717) is 13.1 Å². The second-order valence-corrected chi connectivity index (χ2v) is 16.1. The number of hydrogen-bond donors (Lipinski definition) is 6. The predicted octanol–water partition coefficient (Wildman–Crippen LogP) is 4.34. The highest BCUT2D eigenvalue weighted by atomic mass is 16.7. The van der Waals surface area contributed by atoms with E-state index < -0.39 is 88.8 Å². The van der Waals surface area contributed by atoms with Crippen LogP contribution in [0.3, 0.4) is 0 Å². The molecule has 0 spiro atoms. The number of allylic oxidation sites excluding steroid dienone is 2. The molecule has 5 bridgehead atoms. The number of amides is 1. The van der Waals surface area contributed by atoms with E-state index in [9.17, 15) is 39.9 Å². The van der Waals surface area contributed by atoms with Crippen molar-refractivity contribution in [2.45, 2.75) is 85.6 Å². The molecule has 16 heteroatoms. The molecule has 4 aliphatic heterocycles. The zero-order chi connectivity index (χ0) is 43.7. The number of aliphatic hydroxyl groups is 2. The number of likely N-dealkylation sites (N-methyl/N-ethyl adjacent to an activating group) is 1. The number of nitrogens with one attached hydrogen (secondary N) is 1. The number of piperazine rings is 1. The summed E-state index contributed by atoms with van der Waals surface area (Å²) in [5.41, 5.74) is -0.350. The van der Waals surface area contributed by atoms with E-state index in [2.05, 4.69) is 15.3 Å². The number of carbonyl (C=O) groups is 3. The van der Waals surface area contributed by atoms with Crippen molar-refractivity contribution in [3.63, 3.8) is 0 Å². The lowest BCUT2D eigenvalue weighted by molar-refractivity contribution is -0.160. The van der Waals surface area contributed by atoms with Crippen LogP contribution in [0.5, 0.6) is 23.0 Å². The number of phenolic OH excluding ortho intramolecular Hbond substituents is 3. The van der Waals surface area contributed by atoms with E-state index in [1.807, 2.05) is 7.05 Å². The molecule has 2 aromatic carbocycles. The van der Waals surface area contributed by atoms with Crippen LogP contribution in [0.25, 0.3) is 10.8 Å². The summed E-state index contributed by atoms with van der Waals surface area (Å²) >= 11 is 0. The average molecular weight is 823 g/mol. The summed E-state index contributed by atoms with van der Waals surface area (Å²) in [4.78, 5) is 42.6. The molecule has 16 nitrogen and oxygen atoms in total. The third kappa shape index (κ3) is 8.91. The van der Waals surface area contributed by atoms with Crippen molar-refractivity contribution < 1.29 is 58.9 Å². The summed E-state index contributed by atoms with van der Waals surface area (Å²) in [6.07, 6.45) is 4.86. The second-order valence-electron chi connectivity index (χ2n) is 16.1. The number of aromatic hydroxyl groups is 3. The highest BCUT2D eigenvalue weighted by molar-refractivity contribution is 6.23. The molecule has 0 unspecified atom stereocenters. The van der Waals surface area contributed by atoms with Crippen LogP contribution in [0.15, 0.2) is 41.2 Å². The van der Waals surface area contributed by atoms with Crippen LogP contribution >= 0.6 is 0 Å². The highest BCUT2D eigenvalue weighted by Gasteiger charge is 2.50. The van der Waals surface area contributed by atoms with Crippen LogP contribution in [-0.4, -0.2) is 130 Å². The molecule has 59 heavy (non-hydrogen) atoms. The third-order valence-corrected chi connectivity index (χ3v) is 11.9. The molecule has 2 aromatic rings. The molecule has 6 rings (SSSR count). The minimum absolute atomic E-state index is 0.0559. The largest absolute Gasteiger partial charge is 0.507 e. The maximum absolute atomic E-state index is 14.4. The Kier molecular flexibility index (Phi) is 13.7. The number of hydrogen-bond acceptors (Lipinski definition) is 15. The zero-order valence-electron chi connectivity index (χ0n) is 35.3. The Labute approximate surface area is 344 Å². The number of benzene rings is 2. The second kappa shape index (κ2) is 18.0.